The number of nitrogen functional groups attached to an aromatic ring is 1. The average Bonchev–Trinajstić information content (AvgIpc) is 2.38. The smallest absolute Gasteiger partial charge is 0.251 e. The molecule has 0 radical (unpaired) electrons. The molecular weight excluding hydrogens is 262 g/mol. The highest BCUT2D eigenvalue weighted by Crippen LogP contribution is 2.15. The van der Waals surface area contributed by atoms with Gasteiger partial charge in [0.2, 0.25) is 0 Å². The average molecular weight is 276 g/mol. The van der Waals surface area contributed by atoms with Crippen molar-refractivity contribution < 1.29 is 4.79 Å². The summed E-state index contributed by atoms with van der Waals surface area (Å²) in [5.74, 6) is -0.00244. The van der Waals surface area contributed by atoms with Gasteiger partial charge in [-0.25, -0.2) is 4.98 Å². The minimum atomic E-state index is -0.229. The standard InChI is InChI=1S/C14H14ClN3O/c1-9(10-5-3-2-4-6-10)17-14(19)11-7-12(15)18-13(16)8-11/h2-9H,1H3,(H2,16,18)(H,17,19)/t9-/m1/s1. The molecule has 1 aromatic carbocycles. The molecule has 4 nitrogen and oxygen atoms in total. The molecule has 5 heteroatoms. The van der Waals surface area contributed by atoms with Crippen molar-refractivity contribution >= 4 is 23.3 Å². The lowest BCUT2D eigenvalue weighted by atomic mass is 10.1. The zero-order valence-corrected chi connectivity index (χ0v) is 11.2. The number of amides is 1. The number of pyridine rings is 1. The minimum absolute atomic E-state index is 0.0955. The summed E-state index contributed by atoms with van der Waals surface area (Å²) in [4.78, 5) is 15.9. The maximum atomic E-state index is 12.1. The molecule has 1 heterocycles. The van der Waals surface area contributed by atoms with Gasteiger partial charge in [-0.15, -0.1) is 0 Å². The molecule has 0 aliphatic carbocycles. The number of halogens is 1. The van der Waals surface area contributed by atoms with Crippen molar-refractivity contribution in [2.45, 2.75) is 13.0 Å². The van der Waals surface area contributed by atoms with Crippen LogP contribution in [0.1, 0.15) is 28.9 Å². The third-order valence-corrected chi connectivity index (χ3v) is 2.92. The second kappa shape index (κ2) is 5.71. The number of carbonyl (C=O) groups is 1. The highest BCUT2D eigenvalue weighted by molar-refractivity contribution is 6.29. The van der Waals surface area contributed by atoms with E-state index in [9.17, 15) is 4.79 Å². The first kappa shape index (κ1) is 13.4. The number of hydrogen-bond acceptors (Lipinski definition) is 3. The van der Waals surface area contributed by atoms with E-state index in [1.807, 2.05) is 37.3 Å². The van der Waals surface area contributed by atoms with E-state index in [0.717, 1.165) is 5.56 Å². The fourth-order valence-electron chi connectivity index (χ4n) is 1.75. The first-order chi connectivity index (χ1) is 9.06. The highest BCUT2D eigenvalue weighted by atomic mass is 35.5. The van der Waals surface area contributed by atoms with Crippen LogP contribution in [-0.2, 0) is 0 Å². The summed E-state index contributed by atoms with van der Waals surface area (Å²) in [6.45, 7) is 1.92. The number of carbonyl (C=O) groups excluding carboxylic acids is 1. The summed E-state index contributed by atoms with van der Waals surface area (Å²) in [6, 6.07) is 12.6. The number of benzene rings is 1. The number of nitrogens with one attached hydrogen (secondary N) is 1. The van der Waals surface area contributed by atoms with Crippen LogP contribution in [0.5, 0.6) is 0 Å². The van der Waals surface area contributed by atoms with Gasteiger partial charge in [-0.1, -0.05) is 41.9 Å². The van der Waals surface area contributed by atoms with E-state index in [-0.39, 0.29) is 22.9 Å². The van der Waals surface area contributed by atoms with Gasteiger partial charge in [0.1, 0.15) is 11.0 Å². The van der Waals surface area contributed by atoms with Gasteiger partial charge in [0.05, 0.1) is 6.04 Å². The number of anilines is 1. The van der Waals surface area contributed by atoms with Crippen LogP contribution in [-0.4, -0.2) is 10.9 Å². The SMILES string of the molecule is C[C@@H](NC(=O)c1cc(N)nc(Cl)c1)c1ccccc1. The van der Waals surface area contributed by atoms with Gasteiger partial charge in [0.25, 0.3) is 5.91 Å². The van der Waals surface area contributed by atoms with Crippen LogP contribution in [0, 0.1) is 0 Å². The molecular formula is C14H14ClN3O. The van der Waals surface area contributed by atoms with Crippen LogP contribution >= 0.6 is 11.6 Å². The Balaban J connectivity index is 2.13. The topological polar surface area (TPSA) is 68.0 Å². The van der Waals surface area contributed by atoms with E-state index in [0.29, 0.717) is 5.56 Å². The molecule has 2 aromatic rings. The molecule has 0 aliphatic rings. The number of aromatic nitrogens is 1. The fraction of sp³-hybridized carbons (Fsp3) is 0.143. The first-order valence-corrected chi connectivity index (χ1v) is 6.23. The monoisotopic (exact) mass is 275 g/mol. The Morgan fingerprint density at radius 1 is 1.32 bits per heavy atom. The Labute approximate surface area is 116 Å². The molecule has 2 rings (SSSR count). The lowest BCUT2D eigenvalue weighted by Crippen LogP contribution is -2.26. The zero-order chi connectivity index (χ0) is 13.8. The molecule has 0 saturated heterocycles. The normalized spacial score (nSPS) is 11.9. The predicted octanol–water partition coefficient (Wildman–Crippen LogP) is 2.81. The van der Waals surface area contributed by atoms with Gasteiger partial charge in [-0.3, -0.25) is 4.79 Å². The quantitative estimate of drug-likeness (QED) is 0.847. The van der Waals surface area contributed by atoms with E-state index >= 15 is 0 Å². The van der Waals surface area contributed by atoms with Crippen LogP contribution in [0.2, 0.25) is 5.15 Å². The van der Waals surface area contributed by atoms with Crippen molar-refractivity contribution in [1.29, 1.82) is 0 Å². The van der Waals surface area contributed by atoms with Crippen molar-refractivity contribution in [2.24, 2.45) is 0 Å². The van der Waals surface area contributed by atoms with Crippen LogP contribution in [0.15, 0.2) is 42.5 Å². The van der Waals surface area contributed by atoms with Crippen LogP contribution in [0.3, 0.4) is 0 Å². The second-order valence-corrected chi connectivity index (χ2v) is 4.60. The zero-order valence-electron chi connectivity index (χ0n) is 10.4. The van der Waals surface area contributed by atoms with E-state index in [1.54, 1.807) is 0 Å². The summed E-state index contributed by atoms with van der Waals surface area (Å²) in [5.41, 5.74) is 7.00. The molecule has 0 fully saturated rings. The Bertz CT molecular complexity index is 566. The van der Waals surface area contributed by atoms with Crippen molar-refractivity contribution in [1.82, 2.24) is 10.3 Å². The van der Waals surface area contributed by atoms with Gasteiger partial charge in [-0.2, -0.15) is 0 Å². The molecule has 0 bridgehead atoms. The van der Waals surface area contributed by atoms with Gasteiger partial charge in [0.15, 0.2) is 0 Å². The summed E-state index contributed by atoms with van der Waals surface area (Å²) in [5, 5.41) is 3.09. The minimum Gasteiger partial charge on any atom is -0.384 e. The summed E-state index contributed by atoms with van der Waals surface area (Å²) in [6.07, 6.45) is 0. The van der Waals surface area contributed by atoms with Crippen molar-refractivity contribution in [3.8, 4) is 0 Å². The molecule has 98 valence electrons. The van der Waals surface area contributed by atoms with Crippen molar-refractivity contribution in [3.63, 3.8) is 0 Å². The Hall–Kier alpha value is -2.07. The molecule has 0 unspecified atom stereocenters. The lowest BCUT2D eigenvalue weighted by Gasteiger charge is -2.14. The maximum absolute atomic E-state index is 12.1. The predicted molar refractivity (Wildman–Crippen MR) is 76.0 cm³/mol. The molecule has 1 amide bonds. The van der Waals surface area contributed by atoms with Crippen molar-refractivity contribution in [2.75, 3.05) is 5.73 Å². The number of nitrogens with zero attached hydrogens (tertiary/aromatic N) is 1. The Morgan fingerprint density at radius 2 is 2.00 bits per heavy atom. The van der Waals surface area contributed by atoms with E-state index < -0.39 is 0 Å². The molecule has 3 N–H and O–H groups in total. The molecule has 0 spiro atoms. The van der Waals surface area contributed by atoms with E-state index in [4.69, 9.17) is 17.3 Å². The molecule has 0 saturated carbocycles. The van der Waals surface area contributed by atoms with Crippen molar-refractivity contribution in [3.05, 3.63) is 58.7 Å². The highest BCUT2D eigenvalue weighted by Gasteiger charge is 2.12. The van der Waals surface area contributed by atoms with Gasteiger partial charge >= 0.3 is 0 Å². The van der Waals surface area contributed by atoms with Gasteiger partial charge in [0, 0.05) is 5.56 Å². The lowest BCUT2D eigenvalue weighted by molar-refractivity contribution is 0.0940. The maximum Gasteiger partial charge on any atom is 0.251 e. The van der Waals surface area contributed by atoms with Crippen LogP contribution in [0.4, 0.5) is 5.82 Å². The third kappa shape index (κ3) is 3.45. The summed E-state index contributed by atoms with van der Waals surface area (Å²) in [7, 11) is 0. The molecule has 1 atom stereocenters. The molecule has 1 aromatic heterocycles. The van der Waals surface area contributed by atoms with Gasteiger partial charge < -0.3 is 11.1 Å². The third-order valence-electron chi connectivity index (χ3n) is 2.72. The number of nitrogens with two attached hydrogens (primary N) is 1. The number of hydrogen-bond donors (Lipinski definition) is 2. The van der Waals surface area contributed by atoms with Crippen LogP contribution < -0.4 is 11.1 Å². The summed E-state index contributed by atoms with van der Waals surface area (Å²) >= 11 is 5.78. The molecule has 0 aliphatic heterocycles. The Kier molecular flexibility index (Phi) is 4.02. The van der Waals surface area contributed by atoms with Crippen LogP contribution in [0.25, 0.3) is 0 Å². The second-order valence-electron chi connectivity index (χ2n) is 4.21. The Morgan fingerprint density at radius 3 is 2.63 bits per heavy atom. The van der Waals surface area contributed by atoms with E-state index in [1.165, 1.54) is 12.1 Å². The summed E-state index contributed by atoms with van der Waals surface area (Å²) < 4.78 is 0. The first-order valence-electron chi connectivity index (χ1n) is 5.85. The van der Waals surface area contributed by atoms with Gasteiger partial charge in [-0.05, 0) is 24.6 Å². The number of rotatable bonds is 3. The molecule has 19 heavy (non-hydrogen) atoms. The van der Waals surface area contributed by atoms with E-state index in [2.05, 4.69) is 10.3 Å². The largest absolute Gasteiger partial charge is 0.384 e. The fourth-order valence-corrected chi connectivity index (χ4v) is 1.97.